The van der Waals surface area contributed by atoms with Crippen molar-refractivity contribution >= 4 is 5.95 Å². The monoisotopic (exact) mass is 270 g/mol. The fourth-order valence-electron chi connectivity index (χ4n) is 1.44. The number of rotatable bonds is 3. The Hall–Kier alpha value is -3.10. The molecule has 0 aliphatic carbocycles. The first kappa shape index (κ1) is 12.0. The number of hydrogen-bond donors (Lipinski definition) is 1. The van der Waals surface area contributed by atoms with E-state index in [9.17, 15) is 0 Å². The lowest BCUT2D eigenvalue weighted by molar-refractivity contribution is 0.436. The largest absolute Gasteiger partial charge is 0.422 e. The van der Waals surface area contributed by atoms with Gasteiger partial charge in [-0.2, -0.15) is 24.7 Å². The van der Waals surface area contributed by atoms with Crippen molar-refractivity contribution in [1.29, 1.82) is 0 Å². The minimum Gasteiger partial charge on any atom is -0.422 e. The van der Waals surface area contributed by atoms with Gasteiger partial charge in [-0.1, -0.05) is 0 Å². The fourth-order valence-corrected chi connectivity index (χ4v) is 1.44. The minimum atomic E-state index is 0.0283. The molecule has 9 nitrogen and oxygen atoms in total. The summed E-state index contributed by atoms with van der Waals surface area (Å²) in [5.41, 5.74) is 6.51. The molecule has 20 heavy (non-hydrogen) atoms. The van der Waals surface area contributed by atoms with E-state index in [4.69, 9.17) is 10.5 Å². The molecule has 0 atom stereocenters. The number of aromatic nitrogens is 7. The van der Waals surface area contributed by atoms with Crippen LogP contribution in [-0.4, -0.2) is 34.7 Å². The highest BCUT2D eigenvalue weighted by Gasteiger charge is 2.09. The lowest BCUT2D eigenvalue weighted by atomic mass is 10.4. The summed E-state index contributed by atoms with van der Waals surface area (Å²) in [5.74, 6) is 0.761. The predicted molar refractivity (Wildman–Crippen MR) is 68.2 cm³/mol. The molecule has 3 aromatic heterocycles. The van der Waals surface area contributed by atoms with Gasteiger partial charge in [0.25, 0.3) is 5.95 Å². The maximum absolute atomic E-state index is 5.62. The molecule has 0 saturated heterocycles. The van der Waals surface area contributed by atoms with Crippen LogP contribution in [0.15, 0.2) is 31.0 Å². The third-order valence-corrected chi connectivity index (χ3v) is 2.34. The summed E-state index contributed by atoms with van der Waals surface area (Å²) in [6, 6.07) is 3.64. The summed E-state index contributed by atoms with van der Waals surface area (Å²) in [4.78, 5) is 19.9. The van der Waals surface area contributed by atoms with Gasteiger partial charge in [0.1, 0.15) is 18.4 Å². The first-order chi connectivity index (χ1) is 9.70. The van der Waals surface area contributed by atoms with Crippen LogP contribution in [0, 0.1) is 6.92 Å². The summed E-state index contributed by atoms with van der Waals surface area (Å²) in [7, 11) is 0. The van der Waals surface area contributed by atoms with Crippen LogP contribution >= 0.6 is 0 Å². The zero-order chi connectivity index (χ0) is 13.9. The fraction of sp³-hybridized carbons (Fsp3) is 0.0909. The van der Waals surface area contributed by atoms with Crippen LogP contribution in [0.4, 0.5) is 5.95 Å². The molecular formula is C11H10N8O. The average molecular weight is 270 g/mol. The van der Waals surface area contributed by atoms with Crippen molar-refractivity contribution in [2.45, 2.75) is 6.92 Å². The number of nitrogens with zero attached hydrogens (tertiary/aromatic N) is 7. The molecular weight excluding hydrogens is 260 g/mol. The smallest absolute Gasteiger partial charge is 0.328 e. The maximum Gasteiger partial charge on any atom is 0.328 e. The van der Waals surface area contributed by atoms with Gasteiger partial charge in [-0.15, -0.1) is 0 Å². The van der Waals surface area contributed by atoms with E-state index in [-0.39, 0.29) is 17.9 Å². The van der Waals surface area contributed by atoms with E-state index in [1.807, 2.05) is 13.0 Å². The summed E-state index contributed by atoms with van der Waals surface area (Å²) in [5, 5.41) is 3.92. The standard InChI is InChI=1S/C11H10N8O/c1-7-2-3-8(4-14-7)20-11-17-9(12)16-10(18-11)19-6-13-5-15-19/h2-6H,1H3,(H2,12,16,17,18). The average Bonchev–Trinajstić information content (AvgIpc) is 2.95. The van der Waals surface area contributed by atoms with E-state index in [0.29, 0.717) is 5.75 Å². The summed E-state index contributed by atoms with van der Waals surface area (Å²) in [6.45, 7) is 1.88. The second kappa shape index (κ2) is 4.88. The first-order valence-corrected chi connectivity index (χ1v) is 5.68. The minimum absolute atomic E-state index is 0.0283. The van der Waals surface area contributed by atoms with E-state index in [0.717, 1.165) is 5.69 Å². The van der Waals surface area contributed by atoms with E-state index in [2.05, 4.69) is 30.0 Å². The summed E-state index contributed by atoms with van der Waals surface area (Å²) in [6.07, 6.45) is 4.39. The van der Waals surface area contributed by atoms with E-state index in [1.165, 1.54) is 17.3 Å². The van der Waals surface area contributed by atoms with Crippen LogP contribution < -0.4 is 10.5 Å². The lowest BCUT2D eigenvalue weighted by Gasteiger charge is -2.05. The van der Waals surface area contributed by atoms with Gasteiger partial charge in [0.2, 0.25) is 5.95 Å². The molecule has 0 aromatic carbocycles. The SMILES string of the molecule is Cc1ccc(Oc2nc(N)nc(-n3cncn3)n2)cn1. The Kier molecular flexibility index (Phi) is 2.92. The lowest BCUT2D eigenvalue weighted by Crippen LogP contribution is -2.08. The normalized spacial score (nSPS) is 10.4. The van der Waals surface area contributed by atoms with E-state index < -0.39 is 0 Å². The molecule has 0 radical (unpaired) electrons. The Morgan fingerprint density at radius 3 is 2.80 bits per heavy atom. The molecule has 0 bridgehead atoms. The van der Waals surface area contributed by atoms with Crippen LogP contribution in [0.2, 0.25) is 0 Å². The molecule has 0 amide bonds. The zero-order valence-electron chi connectivity index (χ0n) is 10.5. The highest BCUT2D eigenvalue weighted by Crippen LogP contribution is 2.17. The van der Waals surface area contributed by atoms with E-state index >= 15 is 0 Å². The molecule has 3 rings (SSSR count). The highest BCUT2D eigenvalue weighted by molar-refractivity contribution is 5.27. The number of hydrogen-bond acceptors (Lipinski definition) is 8. The molecule has 0 spiro atoms. The quantitative estimate of drug-likeness (QED) is 0.732. The molecule has 0 unspecified atom stereocenters. The highest BCUT2D eigenvalue weighted by atomic mass is 16.5. The predicted octanol–water partition coefficient (Wildman–Crippen LogP) is 0.530. The number of ether oxygens (including phenoxy) is 1. The second-order valence-corrected chi connectivity index (χ2v) is 3.85. The van der Waals surface area contributed by atoms with Gasteiger partial charge in [-0.25, -0.2) is 4.98 Å². The van der Waals surface area contributed by atoms with E-state index in [1.54, 1.807) is 12.3 Å². The number of nitrogens with two attached hydrogens (primary N) is 1. The van der Waals surface area contributed by atoms with Gasteiger partial charge in [0.05, 0.1) is 6.20 Å². The number of pyridine rings is 1. The molecule has 2 N–H and O–H groups in total. The Labute approximate surface area is 113 Å². The maximum atomic E-state index is 5.62. The number of anilines is 1. The summed E-state index contributed by atoms with van der Waals surface area (Å²) >= 11 is 0. The summed E-state index contributed by atoms with van der Waals surface area (Å²) < 4.78 is 6.85. The van der Waals surface area contributed by atoms with Crippen molar-refractivity contribution in [2.75, 3.05) is 5.73 Å². The second-order valence-electron chi connectivity index (χ2n) is 3.85. The topological polar surface area (TPSA) is 118 Å². The molecule has 0 fully saturated rings. The number of nitrogen functional groups attached to an aromatic ring is 1. The van der Waals surface area contributed by atoms with Crippen molar-refractivity contribution in [3.63, 3.8) is 0 Å². The van der Waals surface area contributed by atoms with Gasteiger partial charge in [0, 0.05) is 5.69 Å². The Morgan fingerprint density at radius 2 is 2.10 bits per heavy atom. The van der Waals surface area contributed by atoms with Gasteiger partial charge in [-0.3, -0.25) is 4.98 Å². The van der Waals surface area contributed by atoms with Crippen molar-refractivity contribution in [3.8, 4) is 17.7 Å². The third-order valence-electron chi connectivity index (χ3n) is 2.34. The van der Waals surface area contributed by atoms with Crippen LogP contribution in [0.1, 0.15) is 5.69 Å². The van der Waals surface area contributed by atoms with Gasteiger partial charge in [0.15, 0.2) is 0 Å². The molecule has 3 aromatic rings. The van der Waals surface area contributed by atoms with Crippen LogP contribution in [0.3, 0.4) is 0 Å². The zero-order valence-corrected chi connectivity index (χ0v) is 10.5. The van der Waals surface area contributed by atoms with Crippen LogP contribution in [-0.2, 0) is 0 Å². The van der Waals surface area contributed by atoms with Gasteiger partial charge >= 0.3 is 6.01 Å². The Balaban J connectivity index is 1.92. The molecule has 3 heterocycles. The molecule has 9 heteroatoms. The molecule has 0 saturated carbocycles. The third kappa shape index (κ3) is 2.51. The van der Waals surface area contributed by atoms with Crippen LogP contribution in [0.5, 0.6) is 11.8 Å². The van der Waals surface area contributed by atoms with Crippen molar-refractivity contribution in [2.24, 2.45) is 0 Å². The molecule has 0 aliphatic heterocycles. The van der Waals surface area contributed by atoms with Crippen LogP contribution in [0.25, 0.3) is 5.95 Å². The van der Waals surface area contributed by atoms with Crippen molar-refractivity contribution < 1.29 is 4.74 Å². The van der Waals surface area contributed by atoms with Gasteiger partial charge < -0.3 is 10.5 Å². The first-order valence-electron chi connectivity index (χ1n) is 5.68. The van der Waals surface area contributed by atoms with Gasteiger partial charge in [-0.05, 0) is 19.1 Å². The Bertz CT molecular complexity index is 710. The van der Waals surface area contributed by atoms with Crippen molar-refractivity contribution in [1.82, 2.24) is 34.7 Å². The number of aryl methyl sites for hydroxylation is 1. The molecule has 100 valence electrons. The molecule has 0 aliphatic rings. The Morgan fingerprint density at radius 1 is 1.20 bits per heavy atom. The van der Waals surface area contributed by atoms with Crippen molar-refractivity contribution in [3.05, 3.63) is 36.7 Å².